The van der Waals surface area contributed by atoms with Gasteiger partial charge in [0.05, 0.1) is 5.75 Å². The number of Topliss-reactive ketones (excluding diaryl/α,β-unsaturated/α-hetero) is 1. The van der Waals surface area contributed by atoms with Crippen LogP contribution >= 0.6 is 34.4 Å². The van der Waals surface area contributed by atoms with Crippen molar-refractivity contribution in [2.75, 3.05) is 12.0 Å². The molecule has 3 heteroatoms. The third kappa shape index (κ3) is 2.71. The average Bonchev–Trinajstić information content (AvgIpc) is 2.10. The van der Waals surface area contributed by atoms with E-state index in [0.717, 1.165) is 9.13 Å². The van der Waals surface area contributed by atoms with Gasteiger partial charge in [-0.05, 0) is 41.3 Å². The Balaban J connectivity index is 3.01. The molecule has 13 heavy (non-hydrogen) atoms. The van der Waals surface area contributed by atoms with Gasteiger partial charge in [-0.2, -0.15) is 11.8 Å². The quantitative estimate of drug-likeness (QED) is 0.630. The molecule has 0 aliphatic carbocycles. The fourth-order valence-corrected chi connectivity index (χ4v) is 2.15. The summed E-state index contributed by atoms with van der Waals surface area (Å²) in [6, 6.07) is 5.86. The fourth-order valence-electron chi connectivity index (χ4n) is 1.07. The van der Waals surface area contributed by atoms with Crippen LogP contribution in [-0.2, 0) is 0 Å². The number of benzene rings is 1. The third-order valence-electron chi connectivity index (χ3n) is 1.77. The summed E-state index contributed by atoms with van der Waals surface area (Å²) in [6.07, 6.45) is 1.95. The number of hydrogen-bond donors (Lipinski definition) is 0. The Kier molecular flexibility index (Phi) is 4.25. The van der Waals surface area contributed by atoms with E-state index in [1.807, 2.05) is 31.4 Å². The topological polar surface area (TPSA) is 17.1 Å². The summed E-state index contributed by atoms with van der Waals surface area (Å²) in [7, 11) is 0. The SMILES string of the molecule is CSCC(=O)c1cccc(C)c1I. The summed E-state index contributed by atoms with van der Waals surface area (Å²) in [6.45, 7) is 2.03. The molecule has 0 fully saturated rings. The molecule has 0 saturated carbocycles. The van der Waals surface area contributed by atoms with Crippen LogP contribution in [-0.4, -0.2) is 17.8 Å². The molecule has 1 nitrogen and oxygen atoms in total. The van der Waals surface area contributed by atoms with Crippen LogP contribution in [0.1, 0.15) is 15.9 Å². The van der Waals surface area contributed by atoms with Crippen LogP contribution < -0.4 is 0 Å². The molecule has 0 N–H and O–H groups in total. The lowest BCUT2D eigenvalue weighted by atomic mass is 10.1. The maximum Gasteiger partial charge on any atom is 0.173 e. The van der Waals surface area contributed by atoms with Crippen LogP contribution in [0.3, 0.4) is 0 Å². The predicted molar refractivity (Wildman–Crippen MR) is 66.6 cm³/mol. The molecule has 0 aromatic heterocycles. The minimum absolute atomic E-state index is 0.223. The van der Waals surface area contributed by atoms with Gasteiger partial charge in [0.1, 0.15) is 0 Å². The lowest BCUT2D eigenvalue weighted by Gasteiger charge is -2.04. The normalized spacial score (nSPS) is 10.1. The van der Waals surface area contributed by atoms with Crippen LogP contribution in [0.2, 0.25) is 0 Å². The molecule has 1 rings (SSSR count). The first-order chi connectivity index (χ1) is 6.16. The smallest absolute Gasteiger partial charge is 0.173 e. The van der Waals surface area contributed by atoms with Crippen molar-refractivity contribution >= 4 is 40.1 Å². The summed E-state index contributed by atoms with van der Waals surface area (Å²) in [4.78, 5) is 11.6. The van der Waals surface area contributed by atoms with Crippen LogP contribution in [0.15, 0.2) is 18.2 Å². The predicted octanol–water partition coefficient (Wildman–Crippen LogP) is 3.15. The van der Waals surface area contributed by atoms with E-state index in [1.54, 1.807) is 11.8 Å². The van der Waals surface area contributed by atoms with Crippen molar-refractivity contribution < 1.29 is 4.79 Å². The molecule has 1 aromatic carbocycles. The maximum absolute atomic E-state index is 11.6. The van der Waals surface area contributed by atoms with E-state index < -0.39 is 0 Å². The molecule has 0 amide bonds. The number of carbonyl (C=O) groups excluding carboxylic acids is 1. The number of hydrogen-bond acceptors (Lipinski definition) is 2. The molecule has 0 bridgehead atoms. The third-order valence-corrected chi connectivity index (χ3v) is 3.75. The molecule has 0 unspecified atom stereocenters. The fraction of sp³-hybridized carbons (Fsp3) is 0.300. The van der Waals surface area contributed by atoms with Crippen molar-refractivity contribution in [1.82, 2.24) is 0 Å². The molecule has 0 heterocycles. The zero-order chi connectivity index (χ0) is 9.84. The number of ketones is 1. The Hall–Kier alpha value is -0.0300. The number of aryl methyl sites for hydroxylation is 1. The monoisotopic (exact) mass is 306 g/mol. The zero-order valence-electron chi connectivity index (χ0n) is 7.63. The minimum atomic E-state index is 0.223. The molecule has 0 radical (unpaired) electrons. The molecule has 0 aliphatic heterocycles. The van der Waals surface area contributed by atoms with Gasteiger partial charge in [0, 0.05) is 9.13 Å². The lowest BCUT2D eigenvalue weighted by Crippen LogP contribution is -2.05. The van der Waals surface area contributed by atoms with Gasteiger partial charge in [-0.3, -0.25) is 4.79 Å². The van der Waals surface area contributed by atoms with Gasteiger partial charge in [0.25, 0.3) is 0 Å². The van der Waals surface area contributed by atoms with Crippen LogP contribution in [0.5, 0.6) is 0 Å². The summed E-state index contributed by atoms with van der Waals surface area (Å²) in [5, 5.41) is 0. The molecule has 0 spiro atoms. The van der Waals surface area contributed by atoms with Gasteiger partial charge in [-0.1, -0.05) is 18.2 Å². The van der Waals surface area contributed by atoms with E-state index in [9.17, 15) is 4.79 Å². The number of halogens is 1. The van der Waals surface area contributed by atoms with E-state index in [1.165, 1.54) is 5.56 Å². The average molecular weight is 306 g/mol. The van der Waals surface area contributed by atoms with Gasteiger partial charge >= 0.3 is 0 Å². The molecular weight excluding hydrogens is 295 g/mol. The van der Waals surface area contributed by atoms with Crippen molar-refractivity contribution in [1.29, 1.82) is 0 Å². The molecule has 70 valence electrons. The summed E-state index contributed by atoms with van der Waals surface area (Å²) in [5.41, 5.74) is 2.03. The highest BCUT2D eigenvalue weighted by molar-refractivity contribution is 14.1. The Labute approximate surface area is 96.4 Å². The highest BCUT2D eigenvalue weighted by Crippen LogP contribution is 2.18. The number of thioether (sulfide) groups is 1. The van der Waals surface area contributed by atoms with Crippen molar-refractivity contribution in [2.45, 2.75) is 6.92 Å². The molecule has 1 aromatic rings. The van der Waals surface area contributed by atoms with E-state index in [4.69, 9.17) is 0 Å². The standard InChI is InChI=1S/C10H11IOS/c1-7-4-3-5-8(10(7)11)9(12)6-13-2/h3-5H,6H2,1-2H3. The highest BCUT2D eigenvalue weighted by atomic mass is 127. The van der Waals surface area contributed by atoms with Gasteiger partial charge in [0.2, 0.25) is 0 Å². The molecule has 0 atom stereocenters. The summed E-state index contributed by atoms with van der Waals surface area (Å²) < 4.78 is 1.08. The number of carbonyl (C=O) groups is 1. The van der Waals surface area contributed by atoms with Gasteiger partial charge in [-0.15, -0.1) is 0 Å². The van der Waals surface area contributed by atoms with E-state index in [0.29, 0.717) is 5.75 Å². The van der Waals surface area contributed by atoms with Crippen LogP contribution in [0.4, 0.5) is 0 Å². The summed E-state index contributed by atoms with van der Waals surface area (Å²) in [5.74, 6) is 0.792. The van der Waals surface area contributed by atoms with Crippen molar-refractivity contribution in [3.63, 3.8) is 0 Å². The highest BCUT2D eigenvalue weighted by Gasteiger charge is 2.09. The van der Waals surface area contributed by atoms with Gasteiger partial charge < -0.3 is 0 Å². The molecular formula is C10H11IOS. The van der Waals surface area contributed by atoms with E-state index in [-0.39, 0.29) is 5.78 Å². The number of rotatable bonds is 3. The zero-order valence-corrected chi connectivity index (χ0v) is 10.6. The Morgan fingerprint density at radius 1 is 1.54 bits per heavy atom. The largest absolute Gasteiger partial charge is 0.293 e. The van der Waals surface area contributed by atoms with Gasteiger partial charge in [0.15, 0.2) is 5.78 Å². The minimum Gasteiger partial charge on any atom is -0.293 e. The maximum atomic E-state index is 11.6. The van der Waals surface area contributed by atoms with Gasteiger partial charge in [-0.25, -0.2) is 0 Å². The van der Waals surface area contributed by atoms with E-state index >= 15 is 0 Å². The van der Waals surface area contributed by atoms with Crippen molar-refractivity contribution in [2.24, 2.45) is 0 Å². The summed E-state index contributed by atoms with van der Waals surface area (Å²) >= 11 is 3.80. The first kappa shape index (κ1) is 11.0. The van der Waals surface area contributed by atoms with Crippen LogP contribution in [0, 0.1) is 10.5 Å². The molecule has 0 saturated heterocycles. The Bertz CT molecular complexity index is 323. The lowest BCUT2D eigenvalue weighted by molar-refractivity contribution is 0.102. The first-order valence-electron chi connectivity index (χ1n) is 3.94. The Morgan fingerprint density at radius 3 is 2.85 bits per heavy atom. The Morgan fingerprint density at radius 2 is 2.23 bits per heavy atom. The molecule has 0 aliphatic rings. The van der Waals surface area contributed by atoms with E-state index in [2.05, 4.69) is 22.6 Å². The second-order valence-corrected chi connectivity index (χ2v) is 4.74. The second kappa shape index (κ2) is 5.00. The first-order valence-corrected chi connectivity index (χ1v) is 6.41. The van der Waals surface area contributed by atoms with Crippen molar-refractivity contribution in [3.05, 3.63) is 32.9 Å². The van der Waals surface area contributed by atoms with Crippen molar-refractivity contribution in [3.8, 4) is 0 Å². The van der Waals surface area contributed by atoms with Crippen LogP contribution in [0.25, 0.3) is 0 Å². The second-order valence-electron chi connectivity index (χ2n) is 2.79.